The van der Waals surface area contributed by atoms with Gasteiger partial charge in [-0.1, -0.05) is 12.1 Å². The first-order valence-corrected chi connectivity index (χ1v) is 10.7. The smallest absolute Gasteiger partial charge is 0.340 e. The van der Waals surface area contributed by atoms with Crippen LogP contribution >= 0.6 is 0 Å². The molecule has 2 unspecified atom stereocenters. The Hall–Kier alpha value is -2.42. The average Bonchev–Trinajstić information content (AvgIpc) is 3.17. The molecule has 9 heteroatoms. The van der Waals surface area contributed by atoms with E-state index in [-0.39, 0.29) is 54.5 Å². The van der Waals surface area contributed by atoms with Crippen LogP contribution in [0, 0.1) is 5.92 Å². The number of carbonyl (C=O) groups is 3. The van der Waals surface area contributed by atoms with Crippen molar-refractivity contribution in [3.8, 4) is 0 Å². The molecule has 2 aliphatic rings. The van der Waals surface area contributed by atoms with E-state index in [9.17, 15) is 22.8 Å². The Morgan fingerprint density at radius 3 is 2.70 bits per heavy atom. The number of sulfone groups is 1. The van der Waals surface area contributed by atoms with E-state index in [1.807, 2.05) is 0 Å². The topological polar surface area (TPSA) is 110 Å². The number of nitrogens with zero attached hydrogens (tertiary/aromatic N) is 1. The third kappa shape index (κ3) is 4.29. The van der Waals surface area contributed by atoms with Crippen molar-refractivity contribution in [1.82, 2.24) is 4.90 Å². The highest BCUT2D eigenvalue weighted by Gasteiger charge is 2.42. The first kappa shape index (κ1) is 19.3. The molecule has 0 aromatic heterocycles. The van der Waals surface area contributed by atoms with E-state index in [0.29, 0.717) is 12.1 Å². The maximum Gasteiger partial charge on any atom is 0.340 e. The van der Waals surface area contributed by atoms with Crippen LogP contribution in [0.25, 0.3) is 0 Å². The fourth-order valence-electron chi connectivity index (χ4n) is 3.50. The number of hydrogen-bond donors (Lipinski definition) is 1. The van der Waals surface area contributed by atoms with E-state index in [2.05, 4.69) is 5.32 Å². The van der Waals surface area contributed by atoms with Crippen LogP contribution in [0.1, 0.15) is 30.1 Å². The number of nitrogens with one attached hydrogen (secondary N) is 1. The molecule has 2 saturated heterocycles. The summed E-state index contributed by atoms with van der Waals surface area (Å²) in [4.78, 5) is 38.4. The van der Waals surface area contributed by atoms with Crippen LogP contribution < -0.4 is 5.32 Å². The zero-order chi connectivity index (χ0) is 19.6. The number of amides is 2. The quantitative estimate of drug-likeness (QED) is 0.741. The van der Waals surface area contributed by atoms with Crippen LogP contribution in [0.2, 0.25) is 0 Å². The van der Waals surface area contributed by atoms with Crippen LogP contribution in [0.3, 0.4) is 0 Å². The molecular weight excluding hydrogens is 372 g/mol. The normalized spacial score (nSPS) is 24.0. The first-order chi connectivity index (χ1) is 12.8. The van der Waals surface area contributed by atoms with E-state index in [4.69, 9.17) is 4.74 Å². The number of ether oxygens (including phenoxy) is 1. The van der Waals surface area contributed by atoms with E-state index < -0.39 is 21.7 Å². The molecule has 1 aromatic carbocycles. The SMILES string of the molecule is CCOC(=O)c1ccccc1NC(=O)C1CC(=O)N(C2CCS(=O)(=O)C2)C1. The van der Waals surface area contributed by atoms with Gasteiger partial charge < -0.3 is 15.0 Å². The van der Waals surface area contributed by atoms with E-state index >= 15 is 0 Å². The maximum atomic E-state index is 12.6. The number of benzene rings is 1. The summed E-state index contributed by atoms with van der Waals surface area (Å²) in [5.74, 6) is -1.67. The summed E-state index contributed by atoms with van der Waals surface area (Å²) in [5, 5.41) is 2.70. The molecule has 0 saturated carbocycles. The Morgan fingerprint density at radius 2 is 2.04 bits per heavy atom. The van der Waals surface area contributed by atoms with Gasteiger partial charge in [-0.2, -0.15) is 0 Å². The van der Waals surface area contributed by atoms with Crippen molar-refractivity contribution in [2.45, 2.75) is 25.8 Å². The zero-order valence-electron chi connectivity index (χ0n) is 15.0. The Labute approximate surface area is 157 Å². The number of rotatable bonds is 5. The average molecular weight is 394 g/mol. The van der Waals surface area contributed by atoms with E-state index in [1.54, 1.807) is 31.2 Å². The van der Waals surface area contributed by atoms with Gasteiger partial charge in [0.25, 0.3) is 0 Å². The minimum absolute atomic E-state index is 0.0317. The molecule has 0 aliphatic carbocycles. The summed E-state index contributed by atoms with van der Waals surface area (Å²) in [5.41, 5.74) is 0.575. The molecule has 8 nitrogen and oxygen atoms in total. The second-order valence-corrected chi connectivity index (χ2v) is 8.99. The first-order valence-electron chi connectivity index (χ1n) is 8.87. The minimum atomic E-state index is -3.11. The van der Waals surface area contributed by atoms with Crippen molar-refractivity contribution in [1.29, 1.82) is 0 Å². The van der Waals surface area contributed by atoms with Gasteiger partial charge in [0, 0.05) is 19.0 Å². The van der Waals surface area contributed by atoms with Gasteiger partial charge in [-0.05, 0) is 25.5 Å². The number of carbonyl (C=O) groups excluding carboxylic acids is 3. The van der Waals surface area contributed by atoms with Crippen LogP contribution in [-0.2, 0) is 24.2 Å². The van der Waals surface area contributed by atoms with Crippen molar-refractivity contribution >= 4 is 33.3 Å². The summed E-state index contributed by atoms with van der Waals surface area (Å²) in [6.07, 6.45) is 0.443. The van der Waals surface area contributed by atoms with Crippen LogP contribution in [0.4, 0.5) is 5.69 Å². The molecule has 2 heterocycles. The number of para-hydroxylation sites is 1. The van der Waals surface area contributed by atoms with Gasteiger partial charge in [-0.3, -0.25) is 9.59 Å². The Kier molecular flexibility index (Phi) is 5.50. The summed E-state index contributed by atoms with van der Waals surface area (Å²) in [6.45, 7) is 2.10. The Balaban J connectivity index is 1.68. The van der Waals surface area contributed by atoms with Gasteiger partial charge >= 0.3 is 5.97 Å². The molecule has 0 radical (unpaired) electrons. The number of anilines is 1. The highest BCUT2D eigenvalue weighted by atomic mass is 32.2. The van der Waals surface area contributed by atoms with E-state index in [0.717, 1.165) is 0 Å². The molecule has 0 spiro atoms. The zero-order valence-corrected chi connectivity index (χ0v) is 15.8. The molecule has 0 bridgehead atoms. The molecule has 1 N–H and O–H groups in total. The van der Waals surface area contributed by atoms with Crippen molar-refractivity contribution < 1.29 is 27.5 Å². The van der Waals surface area contributed by atoms with Gasteiger partial charge in [-0.25, -0.2) is 13.2 Å². The second kappa shape index (κ2) is 7.67. The third-order valence-corrected chi connectivity index (χ3v) is 6.61. The lowest BCUT2D eigenvalue weighted by atomic mass is 10.1. The van der Waals surface area contributed by atoms with Crippen molar-refractivity contribution in [2.24, 2.45) is 5.92 Å². The van der Waals surface area contributed by atoms with Crippen LogP contribution in [-0.4, -0.2) is 61.8 Å². The fraction of sp³-hybridized carbons (Fsp3) is 0.500. The van der Waals surface area contributed by atoms with Gasteiger partial charge in [-0.15, -0.1) is 0 Å². The summed E-state index contributed by atoms with van der Waals surface area (Å²) in [7, 11) is -3.11. The Morgan fingerprint density at radius 1 is 1.30 bits per heavy atom. The summed E-state index contributed by atoms with van der Waals surface area (Å²) < 4.78 is 28.3. The van der Waals surface area contributed by atoms with Gasteiger partial charge in [0.05, 0.1) is 35.3 Å². The molecule has 1 aromatic rings. The monoisotopic (exact) mass is 394 g/mol. The largest absolute Gasteiger partial charge is 0.462 e. The molecule has 146 valence electrons. The Bertz CT molecular complexity index is 866. The molecule has 2 amide bonds. The number of esters is 1. The standard InChI is InChI=1S/C18H22N2O6S/c1-2-26-18(23)14-5-3-4-6-15(14)19-17(22)12-9-16(21)20(10-12)13-7-8-27(24,25)11-13/h3-6,12-13H,2,7-11H2,1H3,(H,19,22). The highest BCUT2D eigenvalue weighted by Crippen LogP contribution is 2.27. The lowest BCUT2D eigenvalue weighted by molar-refractivity contribution is -0.129. The molecule has 3 rings (SSSR count). The molecule has 2 aliphatic heterocycles. The maximum absolute atomic E-state index is 12.6. The van der Waals surface area contributed by atoms with Crippen molar-refractivity contribution in [2.75, 3.05) is 30.0 Å². The highest BCUT2D eigenvalue weighted by molar-refractivity contribution is 7.91. The second-order valence-electron chi connectivity index (χ2n) is 6.76. The predicted molar refractivity (Wildman–Crippen MR) is 97.9 cm³/mol. The van der Waals surface area contributed by atoms with Gasteiger partial charge in [0.2, 0.25) is 11.8 Å². The van der Waals surface area contributed by atoms with Crippen LogP contribution in [0.5, 0.6) is 0 Å². The number of hydrogen-bond acceptors (Lipinski definition) is 6. The molecular formula is C18H22N2O6S. The van der Waals surface area contributed by atoms with Gasteiger partial charge in [0.15, 0.2) is 9.84 Å². The van der Waals surface area contributed by atoms with Crippen molar-refractivity contribution in [3.63, 3.8) is 0 Å². The minimum Gasteiger partial charge on any atom is -0.462 e. The van der Waals surface area contributed by atoms with Crippen LogP contribution in [0.15, 0.2) is 24.3 Å². The third-order valence-electron chi connectivity index (χ3n) is 4.86. The molecule has 2 fully saturated rings. The lowest BCUT2D eigenvalue weighted by Crippen LogP contribution is -2.38. The summed E-state index contributed by atoms with van der Waals surface area (Å²) in [6, 6.07) is 6.16. The number of likely N-dealkylation sites (tertiary alicyclic amines) is 1. The molecule has 27 heavy (non-hydrogen) atoms. The van der Waals surface area contributed by atoms with E-state index in [1.165, 1.54) is 4.90 Å². The predicted octanol–water partition coefficient (Wildman–Crippen LogP) is 0.837. The fourth-order valence-corrected chi connectivity index (χ4v) is 5.23. The summed E-state index contributed by atoms with van der Waals surface area (Å²) >= 11 is 0. The lowest BCUT2D eigenvalue weighted by Gasteiger charge is -2.23. The van der Waals surface area contributed by atoms with Crippen molar-refractivity contribution in [3.05, 3.63) is 29.8 Å². The molecule has 2 atom stereocenters. The van der Waals surface area contributed by atoms with Gasteiger partial charge in [0.1, 0.15) is 0 Å².